The summed E-state index contributed by atoms with van der Waals surface area (Å²) in [6, 6.07) is 8.36. The Balaban J connectivity index is 2.63. The van der Waals surface area contributed by atoms with Crippen LogP contribution < -0.4 is 0 Å². The van der Waals surface area contributed by atoms with Crippen molar-refractivity contribution in [3.8, 4) is 0 Å². The van der Waals surface area contributed by atoms with Crippen LogP contribution in [0.1, 0.15) is 17.3 Å². The molecule has 0 radical (unpaired) electrons. The van der Waals surface area contributed by atoms with E-state index in [2.05, 4.69) is 14.7 Å². The highest BCUT2D eigenvalue weighted by Gasteiger charge is 2.09. The molecule has 0 bridgehead atoms. The van der Waals surface area contributed by atoms with Gasteiger partial charge in [-0.1, -0.05) is 23.4 Å². The molecule has 0 aliphatic rings. The van der Waals surface area contributed by atoms with Crippen LogP contribution in [0.3, 0.4) is 0 Å². The summed E-state index contributed by atoms with van der Waals surface area (Å²) in [5.41, 5.74) is 0.343. The zero-order chi connectivity index (χ0) is 12.0. The lowest BCUT2D eigenvalue weighted by Gasteiger charge is -1.99. The summed E-state index contributed by atoms with van der Waals surface area (Å²) < 4.78 is 4.39. The molecule has 0 N–H and O–H groups in total. The number of rotatable bonds is 3. The van der Waals surface area contributed by atoms with Gasteiger partial charge in [0.15, 0.2) is 5.71 Å². The van der Waals surface area contributed by atoms with E-state index in [9.17, 15) is 9.59 Å². The Morgan fingerprint density at radius 2 is 1.81 bits per heavy atom. The highest BCUT2D eigenvalue weighted by molar-refractivity contribution is 6.35. The third kappa shape index (κ3) is 3.20. The van der Waals surface area contributed by atoms with Crippen LogP contribution in [-0.4, -0.2) is 24.8 Å². The predicted molar refractivity (Wildman–Crippen MR) is 57.0 cm³/mol. The quantitative estimate of drug-likeness (QED) is 0.335. The van der Waals surface area contributed by atoms with Gasteiger partial charge in [-0.3, -0.25) is 0 Å². The molecule has 0 atom stereocenters. The van der Waals surface area contributed by atoms with E-state index in [-0.39, 0.29) is 5.71 Å². The number of carbonyl (C=O) groups is 2. The molecule has 1 rings (SSSR count). The number of hydrogen-bond donors (Lipinski definition) is 0. The van der Waals surface area contributed by atoms with Crippen molar-refractivity contribution >= 4 is 17.7 Å². The molecule has 0 aliphatic heterocycles. The Bertz CT molecular complexity index is 411. The van der Waals surface area contributed by atoms with Crippen LogP contribution in [0.4, 0.5) is 0 Å². The molecule has 16 heavy (non-hydrogen) atoms. The average molecular weight is 221 g/mol. The standard InChI is InChI=1S/C11H11NO4/c1-8(10(13)15-2)12-16-11(14)9-6-4-3-5-7-9/h3-7H,1-2H3/b12-8+. The summed E-state index contributed by atoms with van der Waals surface area (Å²) in [7, 11) is 1.22. The van der Waals surface area contributed by atoms with Gasteiger partial charge in [0.25, 0.3) is 0 Å². The molecule has 0 saturated carbocycles. The van der Waals surface area contributed by atoms with Crippen LogP contribution in [0.2, 0.25) is 0 Å². The normalized spacial score (nSPS) is 10.8. The molecule has 1 aromatic carbocycles. The van der Waals surface area contributed by atoms with Crippen LogP contribution >= 0.6 is 0 Å². The van der Waals surface area contributed by atoms with E-state index in [4.69, 9.17) is 0 Å². The van der Waals surface area contributed by atoms with Crippen LogP contribution in [0.25, 0.3) is 0 Å². The first-order valence-electron chi connectivity index (χ1n) is 4.54. The SMILES string of the molecule is COC(=O)/C(C)=N/OC(=O)c1ccccc1. The highest BCUT2D eigenvalue weighted by atomic mass is 16.7. The number of ether oxygens (including phenoxy) is 1. The van der Waals surface area contributed by atoms with Crippen molar-refractivity contribution in [2.24, 2.45) is 5.16 Å². The third-order valence-electron chi connectivity index (χ3n) is 1.76. The van der Waals surface area contributed by atoms with Gasteiger partial charge in [-0.25, -0.2) is 9.59 Å². The minimum Gasteiger partial charge on any atom is -0.464 e. The Kier molecular flexibility index (Phi) is 4.20. The van der Waals surface area contributed by atoms with E-state index in [1.54, 1.807) is 30.3 Å². The summed E-state index contributed by atoms with van der Waals surface area (Å²) in [5.74, 6) is -1.26. The number of methoxy groups -OCH3 is 1. The van der Waals surface area contributed by atoms with Gasteiger partial charge in [0.05, 0.1) is 12.7 Å². The molecule has 5 heteroatoms. The maximum absolute atomic E-state index is 11.4. The Labute approximate surface area is 92.7 Å². The summed E-state index contributed by atoms with van der Waals surface area (Å²) in [5, 5.41) is 3.36. The van der Waals surface area contributed by atoms with Gasteiger partial charge in [0, 0.05) is 0 Å². The van der Waals surface area contributed by atoms with Gasteiger partial charge in [0.1, 0.15) is 0 Å². The first-order chi connectivity index (χ1) is 7.65. The number of esters is 1. The van der Waals surface area contributed by atoms with E-state index in [1.165, 1.54) is 14.0 Å². The topological polar surface area (TPSA) is 65.0 Å². The van der Waals surface area contributed by atoms with Crippen molar-refractivity contribution in [1.29, 1.82) is 0 Å². The van der Waals surface area contributed by atoms with Crippen LogP contribution in [0.5, 0.6) is 0 Å². The van der Waals surface area contributed by atoms with E-state index >= 15 is 0 Å². The van der Waals surface area contributed by atoms with E-state index in [1.807, 2.05) is 0 Å². The van der Waals surface area contributed by atoms with Crippen molar-refractivity contribution in [2.45, 2.75) is 6.92 Å². The van der Waals surface area contributed by atoms with Crippen molar-refractivity contribution in [2.75, 3.05) is 7.11 Å². The molecular weight excluding hydrogens is 210 g/mol. The smallest absolute Gasteiger partial charge is 0.365 e. The second-order valence-corrected chi connectivity index (χ2v) is 2.91. The molecule has 0 heterocycles. The molecule has 0 unspecified atom stereocenters. The van der Waals surface area contributed by atoms with Crippen LogP contribution in [-0.2, 0) is 14.4 Å². The predicted octanol–water partition coefficient (Wildman–Crippen LogP) is 1.39. The minimum absolute atomic E-state index is 0.0215. The molecule has 0 aliphatic carbocycles. The molecule has 0 aromatic heterocycles. The summed E-state index contributed by atoms with van der Waals surface area (Å²) in [4.78, 5) is 26.9. The number of benzene rings is 1. The fraction of sp³-hybridized carbons (Fsp3) is 0.182. The minimum atomic E-state index is -0.638. The third-order valence-corrected chi connectivity index (χ3v) is 1.76. The van der Waals surface area contributed by atoms with Crippen molar-refractivity contribution in [3.63, 3.8) is 0 Å². The van der Waals surface area contributed by atoms with Gasteiger partial charge in [-0.05, 0) is 19.1 Å². The van der Waals surface area contributed by atoms with Crippen molar-refractivity contribution in [3.05, 3.63) is 35.9 Å². The zero-order valence-electron chi connectivity index (χ0n) is 8.97. The molecule has 5 nitrogen and oxygen atoms in total. The maximum Gasteiger partial charge on any atom is 0.365 e. The molecular formula is C11H11NO4. The summed E-state index contributed by atoms with van der Waals surface area (Å²) >= 11 is 0. The first-order valence-corrected chi connectivity index (χ1v) is 4.54. The van der Waals surface area contributed by atoms with E-state index in [0.717, 1.165) is 0 Å². The molecule has 0 amide bonds. The van der Waals surface area contributed by atoms with Crippen molar-refractivity contribution < 1.29 is 19.2 Å². The van der Waals surface area contributed by atoms with Crippen molar-refractivity contribution in [1.82, 2.24) is 0 Å². The van der Waals surface area contributed by atoms with E-state index < -0.39 is 11.9 Å². The van der Waals surface area contributed by atoms with Gasteiger partial charge >= 0.3 is 11.9 Å². The summed E-state index contributed by atoms with van der Waals surface area (Å²) in [6.07, 6.45) is 0. The first kappa shape index (κ1) is 11.9. The lowest BCUT2D eigenvalue weighted by Crippen LogP contribution is -2.13. The monoisotopic (exact) mass is 221 g/mol. The fourth-order valence-electron chi connectivity index (χ4n) is 0.922. The molecule has 84 valence electrons. The number of hydrogen-bond acceptors (Lipinski definition) is 5. The van der Waals surface area contributed by atoms with Gasteiger partial charge in [-0.15, -0.1) is 0 Å². The summed E-state index contributed by atoms with van der Waals surface area (Å²) in [6.45, 7) is 1.39. The maximum atomic E-state index is 11.4. The molecule has 0 spiro atoms. The number of oxime groups is 1. The second kappa shape index (κ2) is 5.65. The molecule has 1 aromatic rings. The van der Waals surface area contributed by atoms with E-state index in [0.29, 0.717) is 5.56 Å². The Morgan fingerprint density at radius 1 is 1.19 bits per heavy atom. The zero-order valence-corrected chi connectivity index (χ0v) is 8.97. The van der Waals surface area contributed by atoms with Gasteiger partial charge < -0.3 is 9.57 Å². The Morgan fingerprint density at radius 3 is 2.38 bits per heavy atom. The number of nitrogens with zero attached hydrogens (tertiary/aromatic N) is 1. The van der Waals surface area contributed by atoms with Gasteiger partial charge in [0.2, 0.25) is 0 Å². The molecule has 0 fully saturated rings. The largest absolute Gasteiger partial charge is 0.464 e. The fourth-order valence-corrected chi connectivity index (χ4v) is 0.922. The van der Waals surface area contributed by atoms with Crippen LogP contribution in [0, 0.1) is 0 Å². The average Bonchev–Trinajstić information content (AvgIpc) is 2.35. The number of carbonyl (C=O) groups excluding carboxylic acids is 2. The second-order valence-electron chi connectivity index (χ2n) is 2.91. The lowest BCUT2D eigenvalue weighted by molar-refractivity contribution is -0.132. The molecule has 0 saturated heterocycles. The highest BCUT2D eigenvalue weighted by Crippen LogP contribution is 2.01. The Hall–Kier alpha value is -2.17. The van der Waals surface area contributed by atoms with Gasteiger partial charge in [-0.2, -0.15) is 0 Å². The lowest BCUT2D eigenvalue weighted by atomic mass is 10.2. The van der Waals surface area contributed by atoms with Crippen LogP contribution in [0.15, 0.2) is 35.5 Å².